The van der Waals surface area contributed by atoms with Gasteiger partial charge in [-0.2, -0.15) is 0 Å². The van der Waals surface area contributed by atoms with Crippen molar-refractivity contribution in [3.8, 4) is 0 Å². The average molecular weight is 296 g/mol. The molecule has 3 nitrogen and oxygen atoms in total. The van der Waals surface area contributed by atoms with E-state index in [9.17, 15) is 13.6 Å². The molecular formula is C14H14F2N2OS. The van der Waals surface area contributed by atoms with Crippen molar-refractivity contribution in [3.05, 3.63) is 47.8 Å². The third-order valence-corrected chi connectivity index (χ3v) is 3.98. The fourth-order valence-electron chi connectivity index (χ4n) is 1.77. The first kappa shape index (κ1) is 14.7. The third kappa shape index (κ3) is 3.07. The minimum Gasteiger partial charge on any atom is -0.326 e. The molecule has 1 aromatic heterocycles. The lowest BCUT2D eigenvalue weighted by atomic mass is 10.1. The SMILES string of the molecule is CCn1ccnc1S[C@H](C)C(=O)c1cc(F)ccc1F. The number of imidazole rings is 1. The number of aryl methyl sites for hydroxylation is 1. The molecular weight excluding hydrogens is 282 g/mol. The second-order valence-electron chi connectivity index (χ2n) is 4.24. The maximum atomic E-state index is 13.6. The van der Waals surface area contributed by atoms with Crippen molar-refractivity contribution in [3.63, 3.8) is 0 Å². The van der Waals surface area contributed by atoms with Crippen LogP contribution >= 0.6 is 11.8 Å². The quantitative estimate of drug-likeness (QED) is 0.625. The zero-order valence-corrected chi connectivity index (χ0v) is 12.0. The number of rotatable bonds is 5. The predicted molar refractivity (Wildman–Crippen MR) is 73.9 cm³/mol. The predicted octanol–water partition coefficient (Wildman–Crippen LogP) is 3.54. The number of Topliss-reactive ketones (excluding diaryl/α,β-unsaturated/α-hetero) is 1. The van der Waals surface area contributed by atoms with Crippen LogP contribution in [0.25, 0.3) is 0 Å². The standard InChI is InChI=1S/C14H14F2N2OS/c1-3-18-7-6-17-14(18)20-9(2)13(19)11-8-10(15)4-5-12(11)16/h4-9H,3H2,1-2H3/t9-/m1/s1. The lowest BCUT2D eigenvalue weighted by molar-refractivity contribution is 0.0989. The largest absolute Gasteiger partial charge is 0.326 e. The molecule has 20 heavy (non-hydrogen) atoms. The van der Waals surface area contributed by atoms with Crippen molar-refractivity contribution in [2.45, 2.75) is 30.8 Å². The summed E-state index contributed by atoms with van der Waals surface area (Å²) < 4.78 is 28.6. The van der Waals surface area contributed by atoms with Crippen molar-refractivity contribution >= 4 is 17.5 Å². The van der Waals surface area contributed by atoms with Crippen molar-refractivity contribution < 1.29 is 13.6 Å². The van der Waals surface area contributed by atoms with Crippen LogP contribution in [0.2, 0.25) is 0 Å². The Hall–Kier alpha value is -1.69. The smallest absolute Gasteiger partial charge is 0.179 e. The molecule has 106 valence electrons. The molecule has 2 rings (SSSR count). The molecule has 0 fully saturated rings. The molecule has 0 unspecified atom stereocenters. The van der Waals surface area contributed by atoms with Crippen LogP contribution in [0.3, 0.4) is 0 Å². The molecule has 0 N–H and O–H groups in total. The van der Waals surface area contributed by atoms with Gasteiger partial charge in [-0.3, -0.25) is 4.79 Å². The Morgan fingerprint density at radius 3 is 2.90 bits per heavy atom. The van der Waals surface area contributed by atoms with Gasteiger partial charge in [0.1, 0.15) is 11.6 Å². The van der Waals surface area contributed by atoms with Crippen molar-refractivity contribution in [1.82, 2.24) is 9.55 Å². The highest BCUT2D eigenvalue weighted by Crippen LogP contribution is 2.25. The van der Waals surface area contributed by atoms with E-state index in [0.29, 0.717) is 5.16 Å². The van der Waals surface area contributed by atoms with E-state index >= 15 is 0 Å². The van der Waals surface area contributed by atoms with Gasteiger partial charge in [0.2, 0.25) is 0 Å². The van der Waals surface area contributed by atoms with E-state index in [-0.39, 0.29) is 5.56 Å². The van der Waals surface area contributed by atoms with Gasteiger partial charge in [0.15, 0.2) is 10.9 Å². The number of carbonyl (C=O) groups excluding carboxylic acids is 1. The monoisotopic (exact) mass is 296 g/mol. The first-order chi connectivity index (χ1) is 9.52. The molecule has 0 saturated carbocycles. The van der Waals surface area contributed by atoms with Gasteiger partial charge in [-0.15, -0.1) is 0 Å². The fourth-order valence-corrected chi connectivity index (χ4v) is 2.77. The van der Waals surface area contributed by atoms with E-state index in [1.165, 1.54) is 11.8 Å². The highest BCUT2D eigenvalue weighted by atomic mass is 32.2. The van der Waals surface area contributed by atoms with E-state index in [1.54, 1.807) is 13.1 Å². The van der Waals surface area contributed by atoms with Gasteiger partial charge in [-0.1, -0.05) is 11.8 Å². The van der Waals surface area contributed by atoms with Crippen molar-refractivity contribution in [2.75, 3.05) is 0 Å². The molecule has 0 bridgehead atoms. The van der Waals surface area contributed by atoms with Crippen molar-refractivity contribution in [1.29, 1.82) is 0 Å². The van der Waals surface area contributed by atoms with E-state index in [0.717, 1.165) is 24.7 Å². The van der Waals surface area contributed by atoms with E-state index in [2.05, 4.69) is 4.98 Å². The highest BCUT2D eigenvalue weighted by molar-refractivity contribution is 8.00. The number of thioether (sulfide) groups is 1. The molecule has 0 radical (unpaired) electrons. The van der Waals surface area contributed by atoms with E-state index in [4.69, 9.17) is 0 Å². The fraction of sp³-hybridized carbons (Fsp3) is 0.286. The Bertz CT molecular complexity index is 627. The second kappa shape index (κ2) is 6.17. The van der Waals surface area contributed by atoms with Crippen LogP contribution in [0.15, 0.2) is 35.7 Å². The number of benzene rings is 1. The molecule has 0 aliphatic rings. The summed E-state index contributed by atoms with van der Waals surface area (Å²) >= 11 is 1.23. The molecule has 6 heteroatoms. The normalized spacial score (nSPS) is 12.4. The minimum atomic E-state index is -0.706. The van der Waals surface area contributed by atoms with Crippen LogP contribution in [0, 0.1) is 11.6 Å². The van der Waals surface area contributed by atoms with Gasteiger partial charge in [-0.05, 0) is 32.0 Å². The zero-order chi connectivity index (χ0) is 14.7. The maximum absolute atomic E-state index is 13.6. The lowest BCUT2D eigenvalue weighted by Crippen LogP contribution is -2.16. The Kier molecular flexibility index (Phi) is 4.54. The van der Waals surface area contributed by atoms with Crippen molar-refractivity contribution in [2.24, 2.45) is 0 Å². The van der Waals surface area contributed by atoms with Crippen LogP contribution in [0.5, 0.6) is 0 Å². The number of aromatic nitrogens is 2. The molecule has 0 amide bonds. The zero-order valence-electron chi connectivity index (χ0n) is 11.1. The molecule has 1 aromatic carbocycles. The van der Waals surface area contributed by atoms with Gasteiger partial charge < -0.3 is 4.57 Å². The average Bonchev–Trinajstić information content (AvgIpc) is 2.87. The summed E-state index contributed by atoms with van der Waals surface area (Å²) in [6.07, 6.45) is 3.45. The summed E-state index contributed by atoms with van der Waals surface area (Å²) in [6, 6.07) is 2.89. The molecule has 0 spiro atoms. The number of hydrogen-bond acceptors (Lipinski definition) is 3. The summed E-state index contributed by atoms with van der Waals surface area (Å²) in [7, 11) is 0. The van der Waals surface area contributed by atoms with Crippen LogP contribution < -0.4 is 0 Å². The molecule has 1 atom stereocenters. The summed E-state index contributed by atoms with van der Waals surface area (Å²) in [6.45, 7) is 4.36. The highest BCUT2D eigenvalue weighted by Gasteiger charge is 2.22. The van der Waals surface area contributed by atoms with Crippen LogP contribution in [-0.4, -0.2) is 20.6 Å². The summed E-state index contributed by atoms with van der Waals surface area (Å²) in [5.74, 6) is -1.78. The number of nitrogens with zero attached hydrogens (tertiary/aromatic N) is 2. The molecule has 1 heterocycles. The summed E-state index contributed by atoms with van der Waals surface area (Å²) in [5, 5.41) is 0.143. The number of halogens is 2. The van der Waals surface area contributed by atoms with Gasteiger partial charge in [0.25, 0.3) is 0 Å². The first-order valence-electron chi connectivity index (χ1n) is 6.20. The van der Waals surface area contributed by atoms with Crippen LogP contribution in [0.1, 0.15) is 24.2 Å². The number of ketones is 1. The maximum Gasteiger partial charge on any atom is 0.179 e. The minimum absolute atomic E-state index is 0.223. The van der Waals surface area contributed by atoms with Gasteiger partial charge in [-0.25, -0.2) is 13.8 Å². The van der Waals surface area contributed by atoms with E-state index in [1.807, 2.05) is 17.7 Å². The van der Waals surface area contributed by atoms with Gasteiger partial charge in [0.05, 0.1) is 10.8 Å². The Labute approximate surface area is 120 Å². The molecule has 0 aliphatic carbocycles. The van der Waals surface area contributed by atoms with Gasteiger partial charge in [0, 0.05) is 18.9 Å². The first-order valence-corrected chi connectivity index (χ1v) is 7.08. The topological polar surface area (TPSA) is 34.9 Å². The number of carbonyl (C=O) groups is 1. The summed E-state index contributed by atoms with van der Waals surface area (Å²) in [5.41, 5.74) is -0.223. The molecule has 2 aromatic rings. The Morgan fingerprint density at radius 2 is 2.20 bits per heavy atom. The Morgan fingerprint density at radius 1 is 1.45 bits per heavy atom. The lowest BCUT2D eigenvalue weighted by Gasteiger charge is -2.11. The van der Waals surface area contributed by atoms with Gasteiger partial charge >= 0.3 is 0 Å². The third-order valence-electron chi connectivity index (χ3n) is 2.86. The van der Waals surface area contributed by atoms with E-state index < -0.39 is 22.7 Å². The second-order valence-corrected chi connectivity index (χ2v) is 5.55. The number of hydrogen-bond donors (Lipinski definition) is 0. The molecule has 0 aliphatic heterocycles. The molecule has 0 saturated heterocycles. The summed E-state index contributed by atoms with van der Waals surface area (Å²) in [4.78, 5) is 16.3. The van der Waals surface area contributed by atoms with Crippen LogP contribution in [-0.2, 0) is 6.54 Å². The Balaban J connectivity index is 2.18. The van der Waals surface area contributed by atoms with Crippen LogP contribution in [0.4, 0.5) is 8.78 Å².